The Hall–Kier alpha value is -1.33. The van der Waals surface area contributed by atoms with E-state index in [9.17, 15) is 9.18 Å². The Labute approximate surface area is 124 Å². The number of benzene rings is 1. The highest BCUT2D eigenvalue weighted by atomic mass is 35.5. The second kappa shape index (κ2) is 7.45. The highest BCUT2D eigenvalue weighted by Gasteiger charge is 2.20. The predicted octanol–water partition coefficient (Wildman–Crippen LogP) is 2.13. The van der Waals surface area contributed by atoms with E-state index in [1.54, 1.807) is 0 Å². The van der Waals surface area contributed by atoms with Crippen molar-refractivity contribution in [1.82, 2.24) is 10.6 Å². The fourth-order valence-electron chi connectivity index (χ4n) is 2.33. The lowest BCUT2D eigenvalue weighted by Crippen LogP contribution is -2.46. The first-order chi connectivity index (χ1) is 9.10. The Morgan fingerprint density at radius 1 is 1.50 bits per heavy atom. The Morgan fingerprint density at radius 2 is 2.25 bits per heavy atom. The number of carbonyl (C=O) groups is 1. The largest absolute Gasteiger partial charge is 0.494 e. The van der Waals surface area contributed by atoms with Gasteiger partial charge >= 0.3 is 0 Å². The van der Waals surface area contributed by atoms with Crippen molar-refractivity contribution in [2.75, 3.05) is 13.7 Å². The van der Waals surface area contributed by atoms with Gasteiger partial charge in [-0.25, -0.2) is 4.39 Å². The zero-order chi connectivity index (χ0) is 13.8. The van der Waals surface area contributed by atoms with Crippen molar-refractivity contribution in [2.24, 2.45) is 0 Å². The van der Waals surface area contributed by atoms with Crippen LogP contribution in [0.25, 0.3) is 0 Å². The minimum absolute atomic E-state index is 0. The molecule has 112 valence electrons. The Morgan fingerprint density at radius 3 is 2.90 bits per heavy atom. The predicted molar refractivity (Wildman–Crippen MR) is 78.2 cm³/mol. The molecular formula is C14H20ClFN2O2. The van der Waals surface area contributed by atoms with Crippen LogP contribution in [0.3, 0.4) is 0 Å². The molecule has 1 heterocycles. The van der Waals surface area contributed by atoms with Crippen LogP contribution in [0.5, 0.6) is 5.75 Å². The van der Waals surface area contributed by atoms with Crippen LogP contribution in [0.1, 0.15) is 30.1 Å². The first kappa shape index (κ1) is 16.7. The monoisotopic (exact) mass is 302 g/mol. The number of carbonyl (C=O) groups excluding carboxylic acids is 1. The van der Waals surface area contributed by atoms with Gasteiger partial charge in [0.15, 0.2) is 11.6 Å². The van der Waals surface area contributed by atoms with Gasteiger partial charge in [0.25, 0.3) is 5.91 Å². The minimum atomic E-state index is -0.463. The number of nitrogens with one attached hydrogen (secondary N) is 2. The van der Waals surface area contributed by atoms with Crippen molar-refractivity contribution in [3.05, 3.63) is 29.6 Å². The van der Waals surface area contributed by atoms with Crippen molar-refractivity contribution in [1.29, 1.82) is 0 Å². The lowest BCUT2D eigenvalue weighted by molar-refractivity contribution is 0.0925. The third kappa shape index (κ3) is 4.08. The summed E-state index contributed by atoms with van der Waals surface area (Å²) in [5, 5.41) is 6.31. The van der Waals surface area contributed by atoms with Crippen molar-refractivity contribution in [3.63, 3.8) is 0 Å². The molecule has 2 unspecified atom stereocenters. The standard InChI is InChI=1S/C14H19FN2O2.ClH/c1-9-7-11(5-6-16-9)17-14(18)10-3-4-12(15)13(8-10)19-2;/h3-4,8-9,11,16H,5-7H2,1-2H3,(H,17,18);1H. The van der Waals surface area contributed by atoms with E-state index in [1.165, 1.54) is 25.3 Å². The number of rotatable bonds is 3. The average molecular weight is 303 g/mol. The first-order valence-corrected chi connectivity index (χ1v) is 6.48. The van der Waals surface area contributed by atoms with Gasteiger partial charge in [-0.1, -0.05) is 0 Å². The van der Waals surface area contributed by atoms with Crippen molar-refractivity contribution in [3.8, 4) is 5.75 Å². The number of hydrogen-bond acceptors (Lipinski definition) is 3. The lowest BCUT2D eigenvalue weighted by atomic mass is 10.0. The zero-order valence-corrected chi connectivity index (χ0v) is 12.4. The number of amides is 1. The highest BCUT2D eigenvalue weighted by molar-refractivity contribution is 5.94. The van der Waals surface area contributed by atoms with E-state index < -0.39 is 5.82 Å². The molecule has 0 saturated carbocycles. The van der Waals surface area contributed by atoms with Crippen molar-refractivity contribution in [2.45, 2.75) is 31.8 Å². The molecule has 1 aliphatic rings. The summed E-state index contributed by atoms with van der Waals surface area (Å²) in [6.45, 7) is 3.00. The average Bonchev–Trinajstić information content (AvgIpc) is 2.39. The van der Waals surface area contributed by atoms with Gasteiger partial charge in [-0.15, -0.1) is 12.4 Å². The van der Waals surface area contributed by atoms with Crippen molar-refractivity contribution < 1.29 is 13.9 Å². The SMILES string of the molecule is COc1cc(C(=O)NC2CCNC(C)C2)ccc1F.Cl. The maximum atomic E-state index is 13.3. The molecule has 1 amide bonds. The zero-order valence-electron chi connectivity index (χ0n) is 11.6. The molecule has 0 aliphatic carbocycles. The topological polar surface area (TPSA) is 50.4 Å². The van der Waals surface area contributed by atoms with Gasteiger partial charge in [0, 0.05) is 17.6 Å². The molecule has 1 aromatic carbocycles. The maximum Gasteiger partial charge on any atom is 0.251 e. The summed E-state index contributed by atoms with van der Waals surface area (Å²) in [4.78, 5) is 12.1. The molecule has 2 atom stereocenters. The first-order valence-electron chi connectivity index (χ1n) is 6.48. The van der Waals surface area contributed by atoms with Gasteiger partial charge in [0.05, 0.1) is 7.11 Å². The summed E-state index contributed by atoms with van der Waals surface area (Å²) in [5.41, 5.74) is 0.421. The highest BCUT2D eigenvalue weighted by Crippen LogP contribution is 2.18. The molecule has 0 bridgehead atoms. The minimum Gasteiger partial charge on any atom is -0.494 e. The van der Waals surface area contributed by atoms with Crippen molar-refractivity contribution >= 4 is 18.3 Å². The van der Waals surface area contributed by atoms with Crippen LogP contribution in [-0.4, -0.2) is 31.6 Å². The third-order valence-electron chi connectivity index (χ3n) is 3.37. The van der Waals surface area contributed by atoms with Gasteiger partial charge in [0.1, 0.15) is 0 Å². The van der Waals surface area contributed by atoms with Gasteiger partial charge in [-0.3, -0.25) is 4.79 Å². The molecule has 4 nitrogen and oxygen atoms in total. The van der Waals surface area contributed by atoms with Gasteiger partial charge < -0.3 is 15.4 Å². The Bertz CT molecular complexity index is 470. The van der Waals surface area contributed by atoms with Crippen LogP contribution in [0, 0.1) is 5.82 Å². The summed E-state index contributed by atoms with van der Waals surface area (Å²) >= 11 is 0. The van der Waals surface area contributed by atoms with E-state index in [-0.39, 0.29) is 30.1 Å². The normalized spacial score (nSPS) is 21.8. The van der Waals surface area contributed by atoms with Crippen LogP contribution in [0.2, 0.25) is 0 Å². The summed E-state index contributed by atoms with van der Waals surface area (Å²) < 4.78 is 18.2. The fourth-order valence-corrected chi connectivity index (χ4v) is 2.33. The quantitative estimate of drug-likeness (QED) is 0.899. The molecule has 0 spiro atoms. The number of piperidine rings is 1. The molecule has 1 aromatic rings. The molecule has 0 radical (unpaired) electrons. The van der Waals surface area contributed by atoms with Gasteiger partial charge in [-0.05, 0) is 44.5 Å². The smallest absolute Gasteiger partial charge is 0.251 e. The molecule has 20 heavy (non-hydrogen) atoms. The van der Waals surface area contributed by atoms with E-state index in [2.05, 4.69) is 17.6 Å². The fraction of sp³-hybridized carbons (Fsp3) is 0.500. The van der Waals surface area contributed by atoms with E-state index in [4.69, 9.17) is 4.74 Å². The van der Waals surface area contributed by atoms with Crippen LogP contribution < -0.4 is 15.4 Å². The number of hydrogen-bond donors (Lipinski definition) is 2. The van der Waals surface area contributed by atoms with Crippen LogP contribution in [0.4, 0.5) is 4.39 Å². The molecule has 2 rings (SSSR count). The van der Waals surface area contributed by atoms with Gasteiger partial charge in [0.2, 0.25) is 0 Å². The summed E-state index contributed by atoms with van der Waals surface area (Å²) in [6, 6.07) is 4.72. The van der Waals surface area contributed by atoms with E-state index in [0.29, 0.717) is 11.6 Å². The second-order valence-corrected chi connectivity index (χ2v) is 4.90. The van der Waals surface area contributed by atoms with Crippen LogP contribution in [-0.2, 0) is 0 Å². The summed E-state index contributed by atoms with van der Waals surface area (Å²) in [6.07, 6.45) is 1.82. The van der Waals surface area contributed by atoms with Crippen LogP contribution in [0.15, 0.2) is 18.2 Å². The van der Waals surface area contributed by atoms with E-state index in [1.807, 2.05) is 0 Å². The van der Waals surface area contributed by atoms with Gasteiger partial charge in [-0.2, -0.15) is 0 Å². The Kier molecular flexibility index (Phi) is 6.23. The second-order valence-electron chi connectivity index (χ2n) is 4.90. The molecule has 0 aromatic heterocycles. The third-order valence-corrected chi connectivity index (χ3v) is 3.37. The van der Waals surface area contributed by atoms with Crippen LogP contribution >= 0.6 is 12.4 Å². The maximum absolute atomic E-state index is 13.3. The van der Waals surface area contributed by atoms with E-state index in [0.717, 1.165) is 19.4 Å². The molecule has 1 fully saturated rings. The molecule has 1 aliphatic heterocycles. The number of halogens is 2. The molecule has 2 N–H and O–H groups in total. The Balaban J connectivity index is 0.00000200. The lowest BCUT2D eigenvalue weighted by Gasteiger charge is -2.28. The molecular weight excluding hydrogens is 283 g/mol. The summed E-state index contributed by atoms with van der Waals surface area (Å²) in [5.74, 6) is -0.557. The summed E-state index contributed by atoms with van der Waals surface area (Å²) in [7, 11) is 1.38. The molecule has 1 saturated heterocycles. The number of ether oxygens (including phenoxy) is 1. The van der Waals surface area contributed by atoms with E-state index >= 15 is 0 Å². The number of methoxy groups -OCH3 is 1. The molecule has 6 heteroatoms.